The number of halogens is 1. The molecule has 0 unspecified atom stereocenters. The normalized spacial score (nSPS) is 10.3. The van der Waals surface area contributed by atoms with Crippen molar-refractivity contribution < 1.29 is 14.0 Å². The predicted molar refractivity (Wildman–Crippen MR) is 93.3 cm³/mol. The molecule has 0 fully saturated rings. The fourth-order valence-corrected chi connectivity index (χ4v) is 2.88. The summed E-state index contributed by atoms with van der Waals surface area (Å²) in [7, 11) is 0. The number of amides is 2. The van der Waals surface area contributed by atoms with E-state index >= 15 is 0 Å². The first-order chi connectivity index (χ1) is 11.5. The van der Waals surface area contributed by atoms with Gasteiger partial charge in [-0.15, -0.1) is 11.8 Å². The third-order valence-electron chi connectivity index (χ3n) is 3.50. The lowest BCUT2D eigenvalue weighted by molar-refractivity contribution is -0.121. The van der Waals surface area contributed by atoms with Crippen molar-refractivity contribution in [2.24, 2.45) is 0 Å². The SMILES string of the molecule is Cc1ccc(SCCC(=O)NNC(=O)c2ccc(F)cc2)cc1C. The molecule has 2 aromatic rings. The van der Waals surface area contributed by atoms with Crippen LogP contribution < -0.4 is 10.9 Å². The molecule has 0 aliphatic rings. The van der Waals surface area contributed by atoms with Crippen molar-refractivity contribution >= 4 is 23.6 Å². The fraction of sp³-hybridized carbons (Fsp3) is 0.222. The highest BCUT2D eigenvalue weighted by atomic mass is 32.2. The molecule has 0 atom stereocenters. The summed E-state index contributed by atoms with van der Waals surface area (Å²) >= 11 is 1.59. The van der Waals surface area contributed by atoms with E-state index in [4.69, 9.17) is 0 Å². The van der Waals surface area contributed by atoms with Gasteiger partial charge < -0.3 is 0 Å². The number of hydrazine groups is 1. The lowest BCUT2D eigenvalue weighted by Gasteiger charge is -2.08. The van der Waals surface area contributed by atoms with Gasteiger partial charge in [-0.25, -0.2) is 4.39 Å². The summed E-state index contributed by atoms with van der Waals surface area (Å²) in [6, 6.07) is 11.3. The van der Waals surface area contributed by atoms with Crippen LogP contribution in [-0.4, -0.2) is 17.6 Å². The van der Waals surface area contributed by atoms with Crippen molar-refractivity contribution in [2.45, 2.75) is 25.2 Å². The number of carbonyl (C=O) groups is 2. The average Bonchev–Trinajstić information content (AvgIpc) is 2.56. The Bertz CT molecular complexity index is 732. The summed E-state index contributed by atoms with van der Waals surface area (Å²) < 4.78 is 12.8. The Balaban J connectivity index is 1.72. The Kier molecular flexibility index (Phi) is 6.37. The van der Waals surface area contributed by atoms with E-state index in [1.165, 1.54) is 35.4 Å². The molecule has 24 heavy (non-hydrogen) atoms. The molecular weight excluding hydrogens is 327 g/mol. The Morgan fingerprint density at radius 1 is 1.00 bits per heavy atom. The Morgan fingerprint density at radius 2 is 1.71 bits per heavy atom. The third-order valence-corrected chi connectivity index (χ3v) is 4.49. The van der Waals surface area contributed by atoms with Crippen molar-refractivity contribution in [1.82, 2.24) is 10.9 Å². The maximum atomic E-state index is 12.8. The molecule has 4 nitrogen and oxygen atoms in total. The van der Waals surface area contributed by atoms with E-state index in [1.54, 1.807) is 11.8 Å². The van der Waals surface area contributed by atoms with E-state index in [0.29, 0.717) is 5.75 Å². The summed E-state index contributed by atoms with van der Waals surface area (Å²) in [6.45, 7) is 4.11. The van der Waals surface area contributed by atoms with Crippen LogP contribution in [0.15, 0.2) is 47.4 Å². The van der Waals surface area contributed by atoms with E-state index in [-0.39, 0.29) is 17.9 Å². The molecule has 0 aliphatic heterocycles. The molecule has 2 rings (SSSR count). The number of carbonyl (C=O) groups excluding carboxylic acids is 2. The molecule has 2 N–H and O–H groups in total. The fourth-order valence-electron chi connectivity index (χ4n) is 1.93. The molecule has 0 saturated carbocycles. The van der Waals surface area contributed by atoms with Crippen molar-refractivity contribution in [3.63, 3.8) is 0 Å². The Hall–Kier alpha value is -2.34. The number of hydrogen-bond donors (Lipinski definition) is 2. The molecule has 0 saturated heterocycles. The standard InChI is InChI=1S/C18H19FN2O2S/c1-12-3-8-16(11-13(12)2)24-10-9-17(22)20-21-18(23)14-4-6-15(19)7-5-14/h3-8,11H,9-10H2,1-2H3,(H,20,22)(H,21,23). The van der Waals surface area contributed by atoms with E-state index in [2.05, 4.69) is 36.8 Å². The molecule has 2 aromatic carbocycles. The second kappa shape index (κ2) is 8.49. The first-order valence-electron chi connectivity index (χ1n) is 7.50. The van der Waals surface area contributed by atoms with Gasteiger partial charge in [0.2, 0.25) is 5.91 Å². The smallest absolute Gasteiger partial charge is 0.269 e. The lowest BCUT2D eigenvalue weighted by atomic mass is 10.1. The highest BCUT2D eigenvalue weighted by molar-refractivity contribution is 7.99. The zero-order chi connectivity index (χ0) is 17.5. The minimum atomic E-state index is -0.481. The highest BCUT2D eigenvalue weighted by Gasteiger charge is 2.07. The van der Waals surface area contributed by atoms with Gasteiger partial charge in [0.25, 0.3) is 5.91 Å². The van der Waals surface area contributed by atoms with Gasteiger partial charge in [-0.1, -0.05) is 6.07 Å². The van der Waals surface area contributed by atoms with Gasteiger partial charge >= 0.3 is 0 Å². The van der Waals surface area contributed by atoms with E-state index in [9.17, 15) is 14.0 Å². The van der Waals surface area contributed by atoms with Gasteiger partial charge in [-0.3, -0.25) is 20.4 Å². The summed E-state index contributed by atoms with van der Waals surface area (Å²) in [5.41, 5.74) is 7.40. The minimum absolute atomic E-state index is 0.276. The van der Waals surface area contributed by atoms with Crippen LogP contribution in [0.25, 0.3) is 0 Å². The first kappa shape index (κ1) is 18.0. The van der Waals surface area contributed by atoms with Crippen LogP contribution in [0.4, 0.5) is 4.39 Å². The number of rotatable bonds is 5. The molecular formula is C18H19FN2O2S. The van der Waals surface area contributed by atoms with Crippen molar-refractivity contribution in [3.8, 4) is 0 Å². The highest BCUT2D eigenvalue weighted by Crippen LogP contribution is 2.21. The van der Waals surface area contributed by atoms with Crippen molar-refractivity contribution in [3.05, 3.63) is 65.0 Å². The Labute approximate surface area is 144 Å². The van der Waals surface area contributed by atoms with Crippen LogP contribution >= 0.6 is 11.8 Å². The molecule has 0 radical (unpaired) electrons. The minimum Gasteiger partial charge on any atom is -0.273 e. The van der Waals surface area contributed by atoms with Crippen molar-refractivity contribution in [1.29, 1.82) is 0 Å². The summed E-state index contributed by atoms with van der Waals surface area (Å²) in [5, 5.41) is 0. The zero-order valence-electron chi connectivity index (χ0n) is 13.6. The van der Waals surface area contributed by atoms with Gasteiger partial charge in [-0.2, -0.15) is 0 Å². The summed E-state index contributed by atoms with van der Waals surface area (Å²) in [6.07, 6.45) is 0.279. The topological polar surface area (TPSA) is 58.2 Å². The largest absolute Gasteiger partial charge is 0.273 e. The summed E-state index contributed by atoms with van der Waals surface area (Å²) in [4.78, 5) is 24.6. The quantitative estimate of drug-likeness (QED) is 0.644. The van der Waals surface area contributed by atoms with Crippen LogP contribution in [-0.2, 0) is 4.79 Å². The molecule has 6 heteroatoms. The molecule has 0 aromatic heterocycles. The van der Waals surface area contributed by atoms with Crippen LogP contribution in [0.1, 0.15) is 27.9 Å². The van der Waals surface area contributed by atoms with Crippen LogP contribution in [0.2, 0.25) is 0 Å². The monoisotopic (exact) mass is 346 g/mol. The van der Waals surface area contributed by atoms with Crippen LogP contribution in [0.3, 0.4) is 0 Å². The summed E-state index contributed by atoms with van der Waals surface area (Å²) in [5.74, 6) is -0.563. The number of thioether (sulfide) groups is 1. The van der Waals surface area contributed by atoms with Gasteiger partial charge in [0.05, 0.1) is 0 Å². The number of aryl methyl sites for hydroxylation is 2. The van der Waals surface area contributed by atoms with Crippen LogP contribution in [0.5, 0.6) is 0 Å². The van der Waals surface area contributed by atoms with Crippen molar-refractivity contribution in [2.75, 3.05) is 5.75 Å². The van der Waals surface area contributed by atoms with Gasteiger partial charge in [0.15, 0.2) is 0 Å². The molecule has 0 spiro atoms. The third kappa shape index (κ3) is 5.38. The van der Waals surface area contributed by atoms with E-state index in [1.807, 2.05) is 6.07 Å². The average molecular weight is 346 g/mol. The second-order valence-corrected chi connectivity index (χ2v) is 6.52. The number of nitrogens with one attached hydrogen (secondary N) is 2. The van der Waals surface area contributed by atoms with Gasteiger partial charge in [0, 0.05) is 22.6 Å². The molecule has 126 valence electrons. The number of benzene rings is 2. The maximum absolute atomic E-state index is 12.8. The first-order valence-corrected chi connectivity index (χ1v) is 8.49. The lowest BCUT2D eigenvalue weighted by Crippen LogP contribution is -2.41. The maximum Gasteiger partial charge on any atom is 0.269 e. The van der Waals surface area contributed by atoms with E-state index < -0.39 is 11.7 Å². The van der Waals surface area contributed by atoms with Crippen LogP contribution in [0, 0.1) is 19.7 Å². The molecule has 0 bridgehead atoms. The molecule has 2 amide bonds. The van der Waals surface area contributed by atoms with E-state index in [0.717, 1.165) is 4.90 Å². The predicted octanol–water partition coefficient (Wildman–Crippen LogP) is 3.39. The number of hydrogen-bond acceptors (Lipinski definition) is 3. The molecule has 0 heterocycles. The second-order valence-electron chi connectivity index (χ2n) is 5.35. The van der Waals surface area contributed by atoms with Gasteiger partial charge in [0.1, 0.15) is 5.82 Å². The Morgan fingerprint density at radius 3 is 2.38 bits per heavy atom. The molecule has 0 aliphatic carbocycles. The zero-order valence-corrected chi connectivity index (χ0v) is 14.4. The van der Waals surface area contributed by atoms with Gasteiger partial charge in [-0.05, 0) is 61.4 Å².